The van der Waals surface area contributed by atoms with Crippen LogP contribution in [0.25, 0.3) is 0 Å². The van der Waals surface area contributed by atoms with Gasteiger partial charge >= 0.3 is 0 Å². The quantitative estimate of drug-likeness (QED) is 0.0991. The zero-order chi connectivity index (χ0) is 31.2. The Balaban J connectivity index is 0.000000748. The second-order valence-electron chi connectivity index (χ2n) is 8.82. The second-order valence-corrected chi connectivity index (χ2v) is 8.82. The number of hydrogen-bond donors (Lipinski definition) is 14. The van der Waals surface area contributed by atoms with E-state index in [-0.39, 0.29) is 0 Å². The van der Waals surface area contributed by atoms with Crippen molar-refractivity contribution in [3.05, 3.63) is 0 Å². The number of rotatable bonds is 12. The summed E-state index contributed by atoms with van der Waals surface area (Å²) in [5.41, 5.74) is 0. The van der Waals surface area contributed by atoms with Crippen LogP contribution in [0.2, 0.25) is 0 Å². The van der Waals surface area contributed by atoms with Crippen LogP contribution >= 0.6 is 0 Å². The number of hydrogen-bond acceptors (Lipinski definition) is 18. The van der Waals surface area contributed by atoms with Crippen molar-refractivity contribution in [3.8, 4) is 0 Å². The lowest BCUT2D eigenvalue weighted by Crippen LogP contribution is -2.62. The molecule has 0 amide bonds. The van der Waals surface area contributed by atoms with Crippen LogP contribution in [0, 0.1) is 0 Å². The van der Waals surface area contributed by atoms with Gasteiger partial charge in [0.05, 0.1) is 26.4 Å². The normalized spacial score (nSPS) is 36.9. The fourth-order valence-corrected chi connectivity index (χ4v) is 3.51. The summed E-state index contributed by atoms with van der Waals surface area (Å²) in [6, 6.07) is 0. The standard InChI is InChI=1S/C12H22O11.C6H14O6.C4H10O/c13-1-4-6(16)8(18)9(19)11(21-4)23-12(3-15)10(20)7(17)5(2-14)22-12;7-1-3(9)5(11)6(12)4(10)2-8;1-3-5-4-2/h4-11,13-20H,1-3H2;3-12H,1-2H2;3-4H2,1-2H3/t4-,5-,6-,7-,8+,9-,10+,11-,12+;3-,4+,5-,6-;/m11./s1. The highest BCUT2D eigenvalue weighted by atomic mass is 16.8. The summed E-state index contributed by atoms with van der Waals surface area (Å²) in [4.78, 5) is 0. The van der Waals surface area contributed by atoms with E-state index < -0.39 is 112 Å². The summed E-state index contributed by atoms with van der Waals surface area (Å²) in [5, 5.41) is 129. The van der Waals surface area contributed by atoms with E-state index in [0.29, 0.717) is 0 Å². The molecule has 0 aromatic carbocycles. The molecule has 2 aliphatic heterocycles. The van der Waals surface area contributed by atoms with Gasteiger partial charge in [0.2, 0.25) is 5.79 Å². The van der Waals surface area contributed by atoms with Crippen molar-refractivity contribution in [1.29, 1.82) is 0 Å². The lowest BCUT2D eigenvalue weighted by atomic mass is 9.99. The van der Waals surface area contributed by atoms with E-state index in [4.69, 9.17) is 59.8 Å². The highest BCUT2D eigenvalue weighted by Crippen LogP contribution is 2.35. The molecule has 2 fully saturated rings. The van der Waals surface area contributed by atoms with E-state index in [1.165, 1.54) is 0 Å². The SMILES string of the molecule is CCOCC.OC[C@@H](O)[C@@H](O)[C@H](O)[C@@H](O)CO.OC[C@H]1O[C@@](CO)(O[C@H]2O[C@H](CO)[C@@H](O)[C@H](O)[C@H]2O)[C@@H](O)[C@@H]1O. The predicted molar refractivity (Wildman–Crippen MR) is 129 cm³/mol. The molecule has 18 nitrogen and oxygen atoms in total. The Bertz CT molecular complexity index is 629. The van der Waals surface area contributed by atoms with E-state index in [2.05, 4.69) is 0 Å². The molecule has 0 spiro atoms. The van der Waals surface area contributed by atoms with Crippen LogP contribution < -0.4 is 0 Å². The van der Waals surface area contributed by atoms with E-state index in [9.17, 15) is 30.6 Å². The lowest BCUT2D eigenvalue weighted by molar-refractivity contribution is -0.383. The molecule has 0 saturated carbocycles. The molecule has 18 heteroatoms. The lowest BCUT2D eigenvalue weighted by Gasteiger charge is -2.43. The highest BCUT2D eigenvalue weighted by Gasteiger charge is 2.58. The van der Waals surface area contributed by atoms with E-state index in [0.717, 1.165) is 13.2 Å². The summed E-state index contributed by atoms with van der Waals surface area (Å²) in [6.07, 6.45) is -19.0. The van der Waals surface area contributed by atoms with Crippen LogP contribution in [-0.2, 0) is 18.9 Å². The third-order valence-electron chi connectivity index (χ3n) is 5.99. The minimum absolute atomic E-state index is 0.669. The Morgan fingerprint density at radius 2 is 1.15 bits per heavy atom. The van der Waals surface area contributed by atoms with Gasteiger partial charge in [-0.15, -0.1) is 0 Å². The van der Waals surface area contributed by atoms with Crippen LogP contribution in [0.3, 0.4) is 0 Å². The number of aliphatic hydroxyl groups excluding tert-OH is 14. The molecule has 14 N–H and O–H groups in total. The topological polar surface area (TPSA) is 320 Å². The summed E-state index contributed by atoms with van der Waals surface area (Å²) in [5.74, 6) is -2.22. The van der Waals surface area contributed by atoms with Gasteiger partial charge in [-0.3, -0.25) is 0 Å². The molecule has 242 valence electrons. The predicted octanol–water partition coefficient (Wildman–Crippen LogP) is -7.94. The van der Waals surface area contributed by atoms with Gasteiger partial charge < -0.3 is 90.4 Å². The summed E-state index contributed by atoms with van der Waals surface area (Å²) < 4.78 is 20.3. The van der Waals surface area contributed by atoms with Crippen molar-refractivity contribution in [2.75, 3.05) is 46.2 Å². The first-order chi connectivity index (χ1) is 18.8. The minimum atomic E-state index is -2.22. The minimum Gasteiger partial charge on any atom is -0.394 e. The molecular weight excluding hydrogens is 552 g/mol. The third kappa shape index (κ3) is 10.5. The van der Waals surface area contributed by atoms with Crippen molar-refractivity contribution >= 4 is 0 Å². The van der Waals surface area contributed by atoms with E-state index in [1.807, 2.05) is 13.8 Å². The summed E-state index contributed by atoms with van der Waals surface area (Å²) in [7, 11) is 0. The maximum atomic E-state index is 10.00. The molecule has 2 rings (SSSR count). The first kappa shape index (κ1) is 39.3. The van der Waals surface area contributed by atoms with Gasteiger partial charge in [-0.25, -0.2) is 0 Å². The van der Waals surface area contributed by atoms with Crippen LogP contribution in [-0.4, -0.2) is 197 Å². The summed E-state index contributed by atoms with van der Waals surface area (Å²) in [6.45, 7) is 1.89. The van der Waals surface area contributed by atoms with Crippen LogP contribution in [0.4, 0.5) is 0 Å². The second kappa shape index (κ2) is 19.5. The first-order valence-corrected chi connectivity index (χ1v) is 12.5. The van der Waals surface area contributed by atoms with Gasteiger partial charge in [0.25, 0.3) is 0 Å². The van der Waals surface area contributed by atoms with Gasteiger partial charge in [-0.05, 0) is 13.8 Å². The zero-order valence-corrected chi connectivity index (χ0v) is 22.3. The highest BCUT2D eigenvalue weighted by molar-refractivity contribution is 4.98. The number of aliphatic hydroxyl groups is 14. The smallest absolute Gasteiger partial charge is 0.224 e. The molecule has 0 radical (unpaired) electrons. The first-order valence-electron chi connectivity index (χ1n) is 12.5. The van der Waals surface area contributed by atoms with Gasteiger partial charge in [0.15, 0.2) is 6.29 Å². The van der Waals surface area contributed by atoms with Gasteiger partial charge in [0.1, 0.15) is 73.8 Å². The fraction of sp³-hybridized carbons (Fsp3) is 1.00. The Morgan fingerprint density at radius 1 is 0.675 bits per heavy atom. The fourth-order valence-electron chi connectivity index (χ4n) is 3.51. The Morgan fingerprint density at radius 3 is 1.48 bits per heavy atom. The van der Waals surface area contributed by atoms with Crippen molar-refractivity contribution in [2.24, 2.45) is 0 Å². The van der Waals surface area contributed by atoms with Crippen molar-refractivity contribution < 1.29 is 90.4 Å². The molecule has 0 unspecified atom stereocenters. The van der Waals surface area contributed by atoms with E-state index >= 15 is 0 Å². The molecule has 40 heavy (non-hydrogen) atoms. The third-order valence-corrected chi connectivity index (χ3v) is 5.99. The Labute approximate surface area is 230 Å². The average molecular weight is 599 g/mol. The van der Waals surface area contributed by atoms with Crippen molar-refractivity contribution in [1.82, 2.24) is 0 Å². The van der Waals surface area contributed by atoms with Crippen LogP contribution in [0.5, 0.6) is 0 Å². The molecule has 0 aromatic rings. The molecule has 2 aliphatic rings. The molecule has 0 bridgehead atoms. The Hall–Kier alpha value is -0.720. The molecular formula is C22H46O18. The molecule has 13 atom stereocenters. The van der Waals surface area contributed by atoms with Crippen LogP contribution in [0.15, 0.2) is 0 Å². The van der Waals surface area contributed by atoms with Gasteiger partial charge in [-0.1, -0.05) is 0 Å². The van der Waals surface area contributed by atoms with Gasteiger partial charge in [0, 0.05) is 13.2 Å². The molecule has 0 aliphatic carbocycles. The Kier molecular flexibility index (Phi) is 19.1. The molecule has 0 aromatic heterocycles. The molecule has 2 saturated heterocycles. The van der Waals surface area contributed by atoms with Crippen molar-refractivity contribution in [3.63, 3.8) is 0 Å². The maximum absolute atomic E-state index is 10.00. The van der Waals surface area contributed by atoms with Crippen molar-refractivity contribution in [2.45, 2.75) is 93.1 Å². The largest absolute Gasteiger partial charge is 0.394 e. The van der Waals surface area contributed by atoms with Crippen LogP contribution in [0.1, 0.15) is 13.8 Å². The number of ether oxygens (including phenoxy) is 4. The van der Waals surface area contributed by atoms with Gasteiger partial charge in [-0.2, -0.15) is 0 Å². The van der Waals surface area contributed by atoms with E-state index in [1.54, 1.807) is 0 Å². The zero-order valence-electron chi connectivity index (χ0n) is 22.3. The average Bonchev–Trinajstić information content (AvgIpc) is 3.21. The maximum Gasteiger partial charge on any atom is 0.224 e. The molecule has 2 heterocycles. The monoisotopic (exact) mass is 598 g/mol. The summed E-state index contributed by atoms with van der Waals surface area (Å²) >= 11 is 0.